The molecule has 104 valence electrons. The number of rotatable bonds is 6. The Morgan fingerprint density at radius 1 is 1.32 bits per heavy atom. The van der Waals surface area contributed by atoms with Crippen LogP contribution in [0, 0.1) is 0 Å². The maximum Gasteiger partial charge on any atom is 0.323 e. The molecule has 7 heteroatoms. The Morgan fingerprint density at radius 2 is 2.00 bits per heavy atom. The third-order valence-corrected chi connectivity index (χ3v) is 3.05. The second kappa shape index (κ2) is 7.21. The summed E-state index contributed by atoms with van der Waals surface area (Å²) in [5.74, 6) is -1.07. The molecule has 0 spiro atoms. The van der Waals surface area contributed by atoms with Crippen LogP contribution < -0.4 is 4.74 Å². The van der Waals surface area contributed by atoms with Crippen LogP contribution in [0.1, 0.15) is 6.92 Å². The van der Waals surface area contributed by atoms with Gasteiger partial charge in [0.15, 0.2) is 6.61 Å². The zero-order valence-corrected chi connectivity index (χ0v) is 11.7. The van der Waals surface area contributed by atoms with E-state index in [1.807, 2.05) is 0 Å². The van der Waals surface area contributed by atoms with Crippen LogP contribution in [0.4, 0.5) is 0 Å². The summed E-state index contributed by atoms with van der Waals surface area (Å²) in [6, 6.07) is 4.62. The summed E-state index contributed by atoms with van der Waals surface area (Å²) in [6.07, 6.45) is 0. The van der Waals surface area contributed by atoms with Crippen LogP contribution >= 0.6 is 23.2 Å². The number of carboxylic acid groups (broad SMARTS) is 1. The first-order valence-electron chi connectivity index (χ1n) is 5.51. The van der Waals surface area contributed by atoms with Crippen LogP contribution in [0.15, 0.2) is 18.2 Å². The van der Waals surface area contributed by atoms with E-state index in [0.29, 0.717) is 22.3 Å². The van der Waals surface area contributed by atoms with Crippen LogP contribution in [-0.4, -0.2) is 41.6 Å². The fraction of sp³-hybridized carbons (Fsp3) is 0.333. The maximum atomic E-state index is 11.7. The smallest absolute Gasteiger partial charge is 0.323 e. The molecule has 1 aromatic rings. The molecule has 0 saturated heterocycles. The molecule has 0 heterocycles. The van der Waals surface area contributed by atoms with Gasteiger partial charge in [0.2, 0.25) is 0 Å². The molecule has 1 amide bonds. The lowest BCUT2D eigenvalue weighted by Gasteiger charge is -2.18. The summed E-state index contributed by atoms with van der Waals surface area (Å²) in [5.41, 5.74) is 0. The lowest BCUT2D eigenvalue weighted by atomic mass is 10.3. The molecule has 0 radical (unpaired) electrons. The summed E-state index contributed by atoms with van der Waals surface area (Å²) >= 11 is 11.5. The van der Waals surface area contributed by atoms with Gasteiger partial charge < -0.3 is 14.7 Å². The molecule has 0 aromatic heterocycles. The average Bonchev–Trinajstić information content (AvgIpc) is 2.36. The van der Waals surface area contributed by atoms with Crippen molar-refractivity contribution < 1.29 is 19.4 Å². The molecular weight excluding hydrogens is 293 g/mol. The Balaban J connectivity index is 2.57. The topological polar surface area (TPSA) is 66.8 Å². The number of halogens is 2. The Kier molecular flexibility index (Phi) is 5.92. The van der Waals surface area contributed by atoms with Crippen molar-refractivity contribution in [1.29, 1.82) is 0 Å². The molecule has 0 unspecified atom stereocenters. The minimum Gasteiger partial charge on any atom is -0.484 e. The standard InChI is InChI=1S/C12H13Cl2NO4/c1-2-15(6-12(17)18)11(16)7-19-8-3-4-9(13)10(14)5-8/h3-5H,2,6-7H2,1H3,(H,17,18). The molecule has 1 rings (SSSR count). The number of likely N-dealkylation sites (N-methyl/N-ethyl adjacent to an activating group) is 1. The summed E-state index contributed by atoms with van der Waals surface area (Å²) in [5, 5.41) is 9.36. The lowest BCUT2D eigenvalue weighted by Crippen LogP contribution is -2.38. The number of carbonyl (C=O) groups is 2. The predicted octanol–water partition coefficient (Wildman–Crippen LogP) is 2.31. The first kappa shape index (κ1) is 15.6. The summed E-state index contributed by atoms with van der Waals surface area (Å²) in [4.78, 5) is 23.5. The second-order valence-corrected chi connectivity index (χ2v) is 4.48. The molecule has 0 fully saturated rings. The lowest BCUT2D eigenvalue weighted by molar-refractivity contribution is -0.145. The van der Waals surface area contributed by atoms with E-state index in [9.17, 15) is 9.59 Å². The largest absolute Gasteiger partial charge is 0.484 e. The van der Waals surface area contributed by atoms with E-state index in [-0.39, 0.29) is 13.2 Å². The molecule has 0 atom stereocenters. The normalized spacial score (nSPS) is 10.1. The van der Waals surface area contributed by atoms with E-state index in [1.165, 1.54) is 11.0 Å². The molecule has 0 aliphatic carbocycles. The zero-order chi connectivity index (χ0) is 14.4. The number of ether oxygens (including phenoxy) is 1. The molecule has 0 aliphatic rings. The van der Waals surface area contributed by atoms with Crippen LogP contribution in [-0.2, 0) is 9.59 Å². The monoisotopic (exact) mass is 305 g/mol. The van der Waals surface area contributed by atoms with Crippen molar-refractivity contribution in [2.45, 2.75) is 6.92 Å². The Labute approximate surface area is 120 Å². The van der Waals surface area contributed by atoms with Crippen LogP contribution in [0.25, 0.3) is 0 Å². The molecule has 0 saturated carbocycles. The molecule has 1 aromatic carbocycles. The van der Waals surface area contributed by atoms with Crippen molar-refractivity contribution in [3.8, 4) is 5.75 Å². The van der Waals surface area contributed by atoms with Gasteiger partial charge in [-0.1, -0.05) is 23.2 Å². The van der Waals surface area contributed by atoms with Crippen LogP contribution in [0.2, 0.25) is 10.0 Å². The number of aliphatic carboxylic acids is 1. The van der Waals surface area contributed by atoms with E-state index >= 15 is 0 Å². The highest BCUT2D eigenvalue weighted by molar-refractivity contribution is 6.42. The number of carboxylic acids is 1. The van der Waals surface area contributed by atoms with Gasteiger partial charge in [0, 0.05) is 12.6 Å². The minimum absolute atomic E-state index is 0.251. The van der Waals surface area contributed by atoms with E-state index in [1.54, 1.807) is 19.1 Å². The highest BCUT2D eigenvalue weighted by Gasteiger charge is 2.15. The van der Waals surface area contributed by atoms with E-state index in [2.05, 4.69) is 0 Å². The number of benzene rings is 1. The Bertz CT molecular complexity index is 479. The molecule has 1 N–H and O–H groups in total. The van der Waals surface area contributed by atoms with E-state index in [4.69, 9.17) is 33.0 Å². The SMILES string of the molecule is CCN(CC(=O)O)C(=O)COc1ccc(Cl)c(Cl)c1. The first-order valence-corrected chi connectivity index (χ1v) is 6.27. The molecule has 5 nitrogen and oxygen atoms in total. The van der Waals surface area contributed by atoms with Crippen LogP contribution in [0.3, 0.4) is 0 Å². The van der Waals surface area contributed by atoms with Crippen molar-refractivity contribution in [2.24, 2.45) is 0 Å². The number of hydrogen-bond acceptors (Lipinski definition) is 3. The highest BCUT2D eigenvalue weighted by Crippen LogP contribution is 2.26. The quantitative estimate of drug-likeness (QED) is 0.876. The summed E-state index contributed by atoms with van der Waals surface area (Å²) < 4.78 is 5.24. The fourth-order valence-electron chi connectivity index (χ4n) is 1.34. The summed E-state index contributed by atoms with van der Waals surface area (Å²) in [6.45, 7) is 1.40. The van der Waals surface area contributed by atoms with Gasteiger partial charge in [-0.3, -0.25) is 9.59 Å². The zero-order valence-electron chi connectivity index (χ0n) is 10.2. The summed E-state index contributed by atoms with van der Waals surface area (Å²) in [7, 11) is 0. The van der Waals surface area contributed by atoms with Gasteiger partial charge in [-0.05, 0) is 19.1 Å². The predicted molar refractivity (Wildman–Crippen MR) is 71.8 cm³/mol. The Morgan fingerprint density at radius 3 is 2.53 bits per heavy atom. The molecular formula is C12H13Cl2NO4. The maximum absolute atomic E-state index is 11.7. The fourth-order valence-corrected chi connectivity index (χ4v) is 1.63. The molecule has 0 aliphatic heterocycles. The van der Waals surface area contributed by atoms with Crippen molar-refractivity contribution >= 4 is 35.1 Å². The van der Waals surface area contributed by atoms with Gasteiger partial charge in [0.25, 0.3) is 5.91 Å². The average molecular weight is 306 g/mol. The van der Waals surface area contributed by atoms with Crippen molar-refractivity contribution in [3.63, 3.8) is 0 Å². The highest BCUT2D eigenvalue weighted by atomic mass is 35.5. The van der Waals surface area contributed by atoms with Crippen molar-refractivity contribution in [3.05, 3.63) is 28.2 Å². The van der Waals surface area contributed by atoms with Crippen molar-refractivity contribution in [1.82, 2.24) is 4.90 Å². The number of carbonyl (C=O) groups excluding carboxylic acids is 1. The van der Waals surface area contributed by atoms with E-state index < -0.39 is 11.9 Å². The third kappa shape index (κ3) is 4.96. The van der Waals surface area contributed by atoms with Gasteiger partial charge in [0.1, 0.15) is 12.3 Å². The van der Waals surface area contributed by atoms with Gasteiger partial charge in [-0.15, -0.1) is 0 Å². The van der Waals surface area contributed by atoms with Gasteiger partial charge in [-0.25, -0.2) is 0 Å². The van der Waals surface area contributed by atoms with Crippen molar-refractivity contribution in [2.75, 3.05) is 19.7 Å². The van der Waals surface area contributed by atoms with E-state index in [0.717, 1.165) is 0 Å². The number of nitrogens with zero attached hydrogens (tertiary/aromatic N) is 1. The Hall–Kier alpha value is -1.46. The second-order valence-electron chi connectivity index (χ2n) is 3.67. The molecule has 0 bridgehead atoms. The molecule has 19 heavy (non-hydrogen) atoms. The number of hydrogen-bond donors (Lipinski definition) is 1. The third-order valence-electron chi connectivity index (χ3n) is 2.31. The van der Waals surface area contributed by atoms with Gasteiger partial charge in [0.05, 0.1) is 10.0 Å². The first-order chi connectivity index (χ1) is 8.93. The van der Waals surface area contributed by atoms with Gasteiger partial charge >= 0.3 is 5.97 Å². The van der Waals surface area contributed by atoms with Gasteiger partial charge in [-0.2, -0.15) is 0 Å². The number of amides is 1. The van der Waals surface area contributed by atoms with Crippen LogP contribution in [0.5, 0.6) is 5.75 Å². The minimum atomic E-state index is -1.07.